The Labute approximate surface area is 189 Å². The van der Waals surface area contributed by atoms with E-state index in [1.807, 2.05) is 0 Å². The first-order chi connectivity index (χ1) is 15.0. The van der Waals surface area contributed by atoms with Crippen LogP contribution in [0.25, 0.3) is 0 Å². The van der Waals surface area contributed by atoms with E-state index in [-0.39, 0.29) is 16.4 Å². The van der Waals surface area contributed by atoms with E-state index in [0.29, 0.717) is 24.3 Å². The van der Waals surface area contributed by atoms with Gasteiger partial charge in [-0.05, 0) is 54.8 Å². The number of hydrogen-bond donors (Lipinski definition) is 2. The fraction of sp³-hybridized carbons (Fsp3) is 0.391. The molecule has 1 atom stereocenters. The van der Waals surface area contributed by atoms with Gasteiger partial charge in [0.1, 0.15) is 11.9 Å². The van der Waals surface area contributed by atoms with E-state index in [0.717, 1.165) is 0 Å². The number of nitrogens with zero attached hydrogens (tertiary/aromatic N) is 1. The number of carbonyl (C=O) groups excluding carboxylic acids is 2. The van der Waals surface area contributed by atoms with Crippen molar-refractivity contribution in [2.24, 2.45) is 5.92 Å². The minimum Gasteiger partial charge on any atom is -0.340 e. The van der Waals surface area contributed by atoms with Gasteiger partial charge >= 0.3 is 0 Å². The molecule has 0 radical (unpaired) electrons. The molecule has 2 rings (SSSR count). The molecule has 9 heteroatoms. The number of benzene rings is 2. The molecule has 2 amide bonds. The summed E-state index contributed by atoms with van der Waals surface area (Å²) in [5, 5.41) is 5.40. The highest BCUT2D eigenvalue weighted by atomic mass is 32.2. The molecule has 32 heavy (non-hydrogen) atoms. The van der Waals surface area contributed by atoms with Crippen molar-refractivity contribution in [3.63, 3.8) is 0 Å². The Bertz CT molecular complexity index is 1080. The third kappa shape index (κ3) is 5.92. The monoisotopic (exact) mass is 463 g/mol. The lowest BCUT2D eigenvalue weighted by atomic mass is 10.0. The molecular formula is C23H30FN3O4S. The molecule has 0 bridgehead atoms. The van der Waals surface area contributed by atoms with Crippen LogP contribution in [-0.2, 0) is 14.8 Å². The predicted octanol–water partition coefficient (Wildman–Crippen LogP) is 3.56. The summed E-state index contributed by atoms with van der Waals surface area (Å²) in [4.78, 5) is 25.7. The highest BCUT2D eigenvalue weighted by Crippen LogP contribution is 2.19. The topological polar surface area (TPSA) is 95.6 Å². The van der Waals surface area contributed by atoms with Crippen LogP contribution in [0.4, 0.5) is 10.1 Å². The summed E-state index contributed by atoms with van der Waals surface area (Å²) in [5.74, 6) is -1.67. The Hall–Kier alpha value is -2.78. The first-order valence-electron chi connectivity index (χ1n) is 10.5. The van der Waals surface area contributed by atoms with Crippen LogP contribution in [0.5, 0.6) is 0 Å². The van der Waals surface area contributed by atoms with Gasteiger partial charge in [-0.1, -0.05) is 33.8 Å². The lowest BCUT2D eigenvalue weighted by Gasteiger charge is -2.23. The second-order valence-electron chi connectivity index (χ2n) is 7.76. The van der Waals surface area contributed by atoms with Crippen molar-refractivity contribution >= 4 is 27.5 Å². The minimum absolute atomic E-state index is 0.0151. The SMILES string of the molecule is CCN(CC)S(=O)(=O)c1cccc(C(=O)NC(C(=O)Nc2ccc(F)cc2C)C(C)C)c1. The molecule has 0 saturated heterocycles. The average Bonchev–Trinajstić information content (AvgIpc) is 2.74. The van der Waals surface area contributed by atoms with Crippen molar-refractivity contribution < 1.29 is 22.4 Å². The Balaban J connectivity index is 2.24. The zero-order valence-electron chi connectivity index (χ0n) is 19.0. The maximum atomic E-state index is 13.3. The quantitative estimate of drug-likeness (QED) is 0.594. The van der Waals surface area contributed by atoms with Crippen molar-refractivity contribution in [3.05, 3.63) is 59.4 Å². The lowest BCUT2D eigenvalue weighted by molar-refractivity contribution is -0.118. The maximum absolute atomic E-state index is 13.3. The summed E-state index contributed by atoms with van der Waals surface area (Å²) in [6.45, 7) is 9.34. The summed E-state index contributed by atoms with van der Waals surface area (Å²) < 4.78 is 40.2. The van der Waals surface area contributed by atoms with Crippen LogP contribution >= 0.6 is 0 Å². The Morgan fingerprint density at radius 3 is 2.28 bits per heavy atom. The first-order valence-corrected chi connectivity index (χ1v) is 11.9. The van der Waals surface area contributed by atoms with Crippen molar-refractivity contribution in [1.82, 2.24) is 9.62 Å². The fourth-order valence-corrected chi connectivity index (χ4v) is 4.75. The molecule has 174 valence electrons. The summed E-state index contributed by atoms with van der Waals surface area (Å²) in [6, 6.07) is 8.87. The van der Waals surface area contributed by atoms with E-state index in [2.05, 4.69) is 10.6 Å². The zero-order chi connectivity index (χ0) is 24.1. The van der Waals surface area contributed by atoms with Gasteiger partial charge in [-0.2, -0.15) is 4.31 Å². The summed E-state index contributed by atoms with van der Waals surface area (Å²) in [7, 11) is -3.72. The molecule has 1 unspecified atom stereocenters. The molecule has 0 aliphatic carbocycles. The molecular weight excluding hydrogens is 433 g/mol. The van der Waals surface area contributed by atoms with Gasteiger partial charge in [-0.3, -0.25) is 9.59 Å². The Kier molecular flexibility index (Phi) is 8.51. The number of halogens is 1. The molecule has 0 spiro atoms. The molecule has 0 saturated carbocycles. The molecule has 0 aliphatic heterocycles. The van der Waals surface area contributed by atoms with Crippen LogP contribution in [0, 0.1) is 18.7 Å². The van der Waals surface area contributed by atoms with Crippen LogP contribution in [0.15, 0.2) is 47.4 Å². The molecule has 0 aromatic heterocycles. The van der Waals surface area contributed by atoms with Crippen molar-refractivity contribution in [1.29, 1.82) is 0 Å². The van der Waals surface area contributed by atoms with Crippen LogP contribution < -0.4 is 10.6 Å². The van der Waals surface area contributed by atoms with Gasteiger partial charge in [0.25, 0.3) is 5.91 Å². The van der Waals surface area contributed by atoms with Gasteiger partial charge in [-0.15, -0.1) is 0 Å². The van der Waals surface area contributed by atoms with Crippen molar-refractivity contribution in [2.45, 2.75) is 45.6 Å². The van der Waals surface area contributed by atoms with E-state index in [9.17, 15) is 22.4 Å². The van der Waals surface area contributed by atoms with E-state index >= 15 is 0 Å². The van der Waals surface area contributed by atoms with Gasteiger partial charge in [0.05, 0.1) is 4.90 Å². The normalized spacial score (nSPS) is 12.6. The summed E-state index contributed by atoms with van der Waals surface area (Å²) >= 11 is 0. The number of sulfonamides is 1. The smallest absolute Gasteiger partial charge is 0.251 e. The third-order valence-corrected chi connectivity index (χ3v) is 7.17. The second-order valence-corrected chi connectivity index (χ2v) is 9.70. The van der Waals surface area contributed by atoms with Crippen molar-refractivity contribution in [3.8, 4) is 0 Å². The number of nitrogens with one attached hydrogen (secondary N) is 2. The first kappa shape index (κ1) is 25.5. The van der Waals surface area contributed by atoms with Gasteiger partial charge < -0.3 is 10.6 Å². The summed E-state index contributed by atoms with van der Waals surface area (Å²) in [5.41, 5.74) is 1.14. The number of anilines is 1. The highest BCUT2D eigenvalue weighted by molar-refractivity contribution is 7.89. The van der Waals surface area contributed by atoms with Gasteiger partial charge in [-0.25, -0.2) is 12.8 Å². The average molecular weight is 464 g/mol. The minimum atomic E-state index is -3.72. The molecule has 2 aromatic rings. The van der Waals surface area contributed by atoms with Crippen LogP contribution in [0.2, 0.25) is 0 Å². The van der Waals surface area contributed by atoms with E-state index in [1.54, 1.807) is 34.6 Å². The van der Waals surface area contributed by atoms with Gasteiger partial charge in [0.2, 0.25) is 15.9 Å². The molecule has 2 aromatic carbocycles. The third-order valence-electron chi connectivity index (χ3n) is 5.12. The van der Waals surface area contributed by atoms with Gasteiger partial charge in [0, 0.05) is 24.3 Å². The standard InChI is InChI=1S/C23H30FN3O4S/c1-6-27(7-2)32(30,31)19-10-8-9-17(14-19)22(28)26-21(15(3)4)23(29)25-20-12-11-18(24)13-16(20)5/h8-15,21H,6-7H2,1-5H3,(H,25,29)(H,26,28). The lowest BCUT2D eigenvalue weighted by Crippen LogP contribution is -2.47. The number of amides is 2. The molecule has 0 aliphatic rings. The maximum Gasteiger partial charge on any atom is 0.251 e. The largest absolute Gasteiger partial charge is 0.340 e. The predicted molar refractivity (Wildman–Crippen MR) is 122 cm³/mol. The molecule has 2 N–H and O–H groups in total. The molecule has 0 heterocycles. The van der Waals surface area contributed by atoms with Crippen LogP contribution in [-0.4, -0.2) is 43.7 Å². The Morgan fingerprint density at radius 2 is 1.72 bits per heavy atom. The number of rotatable bonds is 9. The van der Waals surface area contributed by atoms with Crippen LogP contribution in [0.1, 0.15) is 43.6 Å². The molecule has 7 nitrogen and oxygen atoms in total. The van der Waals surface area contributed by atoms with Crippen molar-refractivity contribution in [2.75, 3.05) is 18.4 Å². The van der Waals surface area contributed by atoms with Gasteiger partial charge in [0.15, 0.2) is 0 Å². The summed E-state index contributed by atoms with van der Waals surface area (Å²) in [6.07, 6.45) is 0. The zero-order valence-corrected chi connectivity index (χ0v) is 19.8. The fourth-order valence-electron chi connectivity index (χ4n) is 3.25. The Morgan fingerprint density at radius 1 is 1.06 bits per heavy atom. The van der Waals surface area contributed by atoms with E-state index in [1.165, 1.54) is 46.8 Å². The number of aryl methyl sites for hydroxylation is 1. The second kappa shape index (κ2) is 10.7. The van der Waals surface area contributed by atoms with Crippen LogP contribution in [0.3, 0.4) is 0 Å². The number of hydrogen-bond acceptors (Lipinski definition) is 4. The molecule has 0 fully saturated rings. The van der Waals surface area contributed by atoms with E-state index in [4.69, 9.17) is 0 Å². The van der Waals surface area contributed by atoms with E-state index < -0.39 is 33.7 Å². The number of carbonyl (C=O) groups is 2. The highest BCUT2D eigenvalue weighted by Gasteiger charge is 2.27.